The van der Waals surface area contributed by atoms with E-state index in [1.54, 1.807) is 0 Å². The van der Waals surface area contributed by atoms with Gasteiger partial charge in [-0.1, -0.05) is 0 Å². The van der Waals surface area contributed by atoms with E-state index >= 15 is 0 Å². The standard InChI is InChI=1S/C10H6F6O4/c11-9(12,13)3-1-2-4(17)5(7(18)8(19)20)6(3)10(14,15)16/h1-2,7,17-18H,(H,19,20). The average Bonchev–Trinajstić information content (AvgIpc) is 2.24. The van der Waals surface area contributed by atoms with Crippen LogP contribution in [0.3, 0.4) is 0 Å². The van der Waals surface area contributed by atoms with Crippen LogP contribution in [0.4, 0.5) is 26.3 Å². The molecule has 0 saturated carbocycles. The number of carbonyl (C=O) groups is 1. The van der Waals surface area contributed by atoms with Crippen LogP contribution in [0, 0.1) is 0 Å². The first kappa shape index (κ1) is 16.1. The van der Waals surface area contributed by atoms with Gasteiger partial charge in [0.1, 0.15) is 5.75 Å². The van der Waals surface area contributed by atoms with E-state index in [9.17, 15) is 36.2 Å². The fourth-order valence-electron chi connectivity index (χ4n) is 1.55. The SMILES string of the molecule is O=C(O)C(O)c1c(O)ccc(C(F)(F)F)c1C(F)(F)F. The first-order valence-electron chi connectivity index (χ1n) is 4.78. The summed E-state index contributed by atoms with van der Waals surface area (Å²) in [6.45, 7) is 0. The molecule has 1 rings (SSSR count). The molecule has 0 radical (unpaired) electrons. The number of benzene rings is 1. The maximum atomic E-state index is 12.7. The number of carboxylic acid groups (broad SMARTS) is 1. The molecule has 0 amide bonds. The molecule has 0 heterocycles. The van der Waals surface area contributed by atoms with Gasteiger partial charge in [-0.25, -0.2) is 4.79 Å². The Bertz CT molecular complexity index is 534. The normalized spacial score (nSPS) is 14.2. The monoisotopic (exact) mass is 304 g/mol. The van der Waals surface area contributed by atoms with Crippen molar-refractivity contribution in [2.75, 3.05) is 0 Å². The Kier molecular flexibility index (Phi) is 3.90. The van der Waals surface area contributed by atoms with E-state index in [4.69, 9.17) is 10.2 Å². The van der Waals surface area contributed by atoms with Crippen molar-refractivity contribution < 1.29 is 46.5 Å². The molecule has 3 N–H and O–H groups in total. The molecular weight excluding hydrogens is 298 g/mol. The fraction of sp³-hybridized carbons (Fsp3) is 0.300. The summed E-state index contributed by atoms with van der Waals surface area (Å²) < 4.78 is 75.8. The summed E-state index contributed by atoms with van der Waals surface area (Å²) in [7, 11) is 0. The maximum Gasteiger partial charge on any atom is 0.417 e. The molecule has 112 valence electrons. The second-order valence-corrected chi connectivity index (χ2v) is 3.66. The highest BCUT2D eigenvalue weighted by Gasteiger charge is 2.47. The van der Waals surface area contributed by atoms with E-state index < -0.39 is 46.9 Å². The number of aliphatic hydroxyl groups is 1. The van der Waals surface area contributed by atoms with Crippen LogP contribution in [0.2, 0.25) is 0 Å². The number of carboxylic acids is 1. The van der Waals surface area contributed by atoms with Crippen molar-refractivity contribution in [2.45, 2.75) is 18.5 Å². The quantitative estimate of drug-likeness (QED) is 0.734. The molecule has 0 saturated heterocycles. The van der Waals surface area contributed by atoms with Gasteiger partial charge in [-0.05, 0) is 12.1 Å². The van der Waals surface area contributed by atoms with Gasteiger partial charge in [0.25, 0.3) is 0 Å². The number of rotatable bonds is 2. The molecule has 0 aliphatic carbocycles. The molecule has 20 heavy (non-hydrogen) atoms. The third-order valence-corrected chi connectivity index (χ3v) is 2.32. The number of aliphatic carboxylic acids is 1. The highest BCUT2D eigenvalue weighted by Crippen LogP contribution is 2.46. The molecule has 1 atom stereocenters. The van der Waals surface area contributed by atoms with Crippen LogP contribution >= 0.6 is 0 Å². The molecular formula is C10H6F6O4. The average molecular weight is 304 g/mol. The molecule has 1 aromatic rings. The third kappa shape index (κ3) is 2.95. The van der Waals surface area contributed by atoms with Crippen molar-refractivity contribution >= 4 is 5.97 Å². The van der Waals surface area contributed by atoms with E-state index in [1.165, 1.54) is 0 Å². The van der Waals surface area contributed by atoms with Gasteiger partial charge in [0.15, 0.2) is 6.10 Å². The van der Waals surface area contributed by atoms with Gasteiger partial charge >= 0.3 is 18.3 Å². The second kappa shape index (κ2) is 4.85. The van der Waals surface area contributed by atoms with Crippen LogP contribution in [0.15, 0.2) is 12.1 Å². The van der Waals surface area contributed by atoms with Crippen LogP contribution in [0.5, 0.6) is 5.75 Å². The molecule has 1 unspecified atom stereocenters. The van der Waals surface area contributed by atoms with Gasteiger partial charge in [-0.3, -0.25) is 0 Å². The van der Waals surface area contributed by atoms with Gasteiger partial charge < -0.3 is 15.3 Å². The Labute approximate surface area is 106 Å². The van der Waals surface area contributed by atoms with Crippen LogP contribution in [-0.2, 0) is 17.1 Å². The zero-order valence-electron chi connectivity index (χ0n) is 9.25. The summed E-state index contributed by atoms with van der Waals surface area (Å²) in [5, 5.41) is 26.7. The Hall–Kier alpha value is -1.97. The van der Waals surface area contributed by atoms with Crippen molar-refractivity contribution in [1.29, 1.82) is 0 Å². The summed E-state index contributed by atoms with van der Waals surface area (Å²) in [6.07, 6.45) is -14.0. The van der Waals surface area contributed by atoms with Gasteiger partial charge in [0, 0.05) is 5.56 Å². The van der Waals surface area contributed by atoms with Crippen molar-refractivity contribution in [1.82, 2.24) is 0 Å². The smallest absolute Gasteiger partial charge is 0.417 e. The zero-order valence-corrected chi connectivity index (χ0v) is 9.25. The maximum absolute atomic E-state index is 12.7. The largest absolute Gasteiger partial charge is 0.508 e. The van der Waals surface area contributed by atoms with E-state index in [-0.39, 0.29) is 12.1 Å². The molecule has 10 heteroatoms. The molecule has 1 aromatic carbocycles. The molecule has 0 aromatic heterocycles. The van der Waals surface area contributed by atoms with Crippen LogP contribution < -0.4 is 0 Å². The summed E-state index contributed by atoms with van der Waals surface area (Å²) >= 11 is 0. The van der Waals surface area contributed by atoms with E-state index in [1.807, 2.05) is 0 Å². The van der Waals surface area contributed by atoms with E-state index in [0.717, 1.165) is 0 Å². The topological polar surface area (TPSA) is 77.8 Å². The number of phenolic OH excluding ortho intramolecular Hbond substituents is 1. The van der Waals surface area contributed by atoms with Gasteiger partial charge in [0.05, 0.1) is 11.1 Å². The number of halogens is 6. The molecule has 0 aliphatic heterocycles. The van der Waals surface area contributed by atoms with Crippen molar-refractivity contribution in [3.8, 4) is 5.75 Å². The number of aliphatic hydroxyl groups excluding tert-OH is 1. The van der Waals surface area contributed by atoms with Crippen molar-refractivity contribution in [3.63, 3.8) is 0 Å². The number of hydrogen-bond acceptors (Lipinski definition) is 3. The third-order valence-electron chi connectivity index (χ3n) is 2.32. The Balaban J connectivity index is 3.78. The van der Waals surface area contributed by atoms with Gasteiger partial charge in [0.2, 0.25) is 0 Å². The minimum Gasteiger partial charge on any atom is -0.508 e. The number of phenols is 1. The Morgan fingerprint density at radius 3 is 1.90 bits per heavy atom. The first-order valence-corrected chi connectivity index (χ1v) is 4.78. The molecule has 0 bridgehead atoms. The summed E-state index contributed by atoms with van der Waals surface area (Å²) in [5.41, 5.74) is -6.38. The van der Waals surface area contributed by atoms with Gasteiger partial charge in [-0.2, -0.15) is 26.3 Å². The molecule has 0 fully saturated rings. The zero-order chi connectivity index (χ0) is 15.9. The van der Waals surface area contributed by atoms with Gasteiger partial charge in [-0.15, -0.1) is 0 Å². The molecule has 0 aliphatic rings. The molecule has 0 spiro atoms. The predicted molar refractivity (Wildman–Crippen MR) is 50.7 cm³/mol. The van der Waals surface area contributed by atoms with Crippen LogP contribution in [0.1, 0.15) is 22.8 Å². The minimum atomic E-state index is -5.62. The lowest BCUT2D eigenvalue weighted by Crippen LogP contribution is -2.23. The lowest BCUT2D eigenvalue weighted by Gasteiger charge is -2.21. The van der Waals surface area contributed by atoms with E-state index in [0.29, 0.717) is 0 Å². The number of hydrogen-bond donors (Lipinski definition) is 3. The lowest BCUT2D eigenvalue weighted by molar-refractivity contribution is -0.164. The highest BCUT2D eigenvalue weighted by molar-refractivity contribution is 5.76. The van der Waals surface area contributed by atoms with Crippen molar-refractivity contribution in [3.05, 3.63) is 28.8 Å². The van der Waals surface area contributed by atoms with Crippen molar-refractivity contribution in [2.24, 2.45) is 0 Å². The lowest BCUT2D eigenvalue weighted by atomic mass is 9.95. The first-order chi connectivity index (χ1) is 8.87. The van der Waals surface area contributed by atoms with Crippen LogP contribution in [-0.4, -0.2) is 21.3 Å². The Morgan fingerprint density at radius 2 is 1.55 bits per heavy atom. The number of aromatic hydroxyl groups is 1. The van der Waals surface area contributed by atoms with E-state index in [2.05, 4.69) is 0 Å². The molecule has 4 nitrogen and oxygen atoms in total. The fourth-order valence-corrected chi connectivity index (χ4v) is 1.55. The second-order valence-electron chi connectivity index (χ2n) is 3.66. The summed E-state index contributed by atoms with van der Waals surface area (Å²) in [5.74, 6) is -3.63. The summed E-state index contributed by atoms with van der Waals surface area (Å²) in [6, 6.07) is 0.190. The van der Waals surface area contributed by atoms with Crippen LogP contribution in [0.25, 0.3) is 0 Å². The predicted octanol–water partition coefficient (Wildman–Crippen LogP) is 2.55. The summed E-state index contributed by atoms with van der Waals surface area (Å²) in [4.78, 5) is 10.5. The highest BCUT2D eigenvalue weighted by atomic mass is 19.4. The number of alkyl halides is 6. The Morgan fingerprint density at radius 1 is 1.05 bits per heavy atom. The minimum absolute atomic E-state index is 0.0454.